The smallest absolute Gasteiger partial charge is 0.132 e. The zero-order chi connectivity index (χ0) is 19.8. The van der Waals surface area contributed by atoms with Gasteiger partial charge in [0, 0.05) is 28.4 Å². The highest BCUT2D eigenvalue weighted by molar-refractivity contribution is 6.30. The molecule has 29 heavy (non-hydrogen) atoms. The van der Waals surface area contributed by atoms with E-state index in [1.165, 1.54) is 12.1 Å². The number of benzene rings is 2. The van der Waals surface area contributed by atoms with Crippen LogP contribution in [0.1, 0.15) is 0 Å². The quantitative estimate of drug-likeness (QED) is 0.381. The molecule has 3 heterocycles. The largest absolute Gasteiger partial charge is 0.353 e. The molecule has 6 heteroatoms. The average molecular weight is 401 g/mol. The molecule has 0 aliphatic rings. The van der Waals surface area contributed by atoms with Crippen molar-refractivity contribution >= 4 is 44.9 Å². The summed E-state index contributed by atoms with van der Waals surface area (Å²) in [6.07, 6.45) is 3.46. The van der Waals surface area contributed by atoms with Crippen LogP contribution in [0, 0.1) is 5.82 Å². The summed E-state index contributed by atoms with van der Waals surface area (Å²) >= 11 is 6.09. The van der Waals surface area contributed by atoms with E-state index in [0.717, 1.165) is 33.3 Å². The summed E-state index contributed by atoms with van der Waals surface area (Å²) < 4.78 is 14.5. The van der Waals surface area contributed by atoms with E-state index in [1.54, 1.807) is 18.5 Å². The molecule has 4 nitrogen and oxygen atoms in total. The third-order valence-corrected chi connectivity index (χ3v) is 4.92. The number of hydrogen-bond acceptors (Lipinski definition) is 4. The maximum atomic E-state index is 14.5. The Kier molecular flexibility index (Phi) is 4.30. The number of aromatic nitrogens is 3. The lowest BCUT2D eigenvalue weighted by molar-refractivity contribution is 0.631. The van der Waals surface area contributed by atoms with Gasteiger partial charge >= 0.3 is 0 Å². The molecule has 0 amide bonds. The molecule has 0 spiro atoms. The molecule has 1 N–H and O–H groups in total. The van der Waals surface area contributed by atoms with Crippen LogP contribution in [-0.4, -0.2) is 15.0 Å². The summed E-state index contributed by atoms with van der Waals surface area (Å²) in [7, 11) is 0. The van der Waals surface area contributed by atoms with Crippen LogP contribution in [0.4, 0.5) is 15.8 Å². The lowest BCUT2D eigenvalue weighted by Gasteiger charge is -2.14. The molecule has 0 radical (unpaired) electrons. The van der Waals surface area contributed by atoms with Crippen LogP contribution in [0.3, 0.4) is 0 Å². The number of anilines is 2. The van der Waals surface area contributed by atoms with Gasteiger partial charge in [-0.15, -0.1) is 0 Å². The molecular weight excluding hydrogens is 387 g/mol. The fourth-order valence-corrected chi connectivity index (χ4v) is 3.51. The van der Waals surface area contributed by atoms with Crippen molar-refractivity contribution in [1.29, 1.82) is 0 Å². The van der Waals surface area contributed by atoms with Crippen LogP contribution in [0.5, 0.6) is 0 Å². The number of hydrogen-bond donors (Lipinski definition) is 1. The van der Waals surface area contributed by atoms with Crippen molar-refractivity contribution < 1.29 is 4.39 Å². The van der Waals surface area contributed by atoms with Crippen LogP contribution in [0.25, 0.3) is 33.2 Å². The normalized spacial score (nSPS) is 11.1. The zero-order valence-corrected chi connectivity index (χ0v) is 15.9. The van der Waals surface area contributed by atoms with E-state index < -0.39 is 0 Å². The second-order valence-corrected chi connectivity index (χ2v) is 6.99. The van der Waals surface area contributed by atoms with E-state index in [0.29, 0.717) is 16.3 Å². The summed E-state index contributed by atoms with van der Waals surface area (Å²) in [5.41, 5.74) is 4.75. The lowest BCUT2D eigenvalue weighted by Crippen LogP contribution is -1.98. The van der Waals surface area contributed by atoms with Gasteiger partial charge in [-0.1, -0.05) is 29.8 Å². The Morgan fingerprint density at radius 1 is 0.793 bits per heavy atom. The van der Waals surface area contributed by atoms with Gasteiger partial charge in [0.1, 0.15) is 11.3 Å². The molecule has 0 aliphatic carbocycles. The predicted octanol–water partition coefficient (Wildman–Crippen LogP) is 6.38. The Morgan fingerprint density at radius 2 is 1.66 bits per heavy atom. The van der Waals surface area contributed by atoms with Gasteiger partial charge in [-0.2, -0.15) is 0 Å². The average Bonchev–Trinajstić information content (AvgIpc) is 2.75. The first-order valence-electron chi connectivity index (χ1n) is 9.01. The molecular formula is C23H14ClFN4. The Morgan fingerprint density at radius 3 is 2.59 bits per heavy atom. The van der Waals surface area contributed by atoms with Gasteiger partial charge in [-0.3, -0.25) is 9.97 Å². The van der Waals surface area contributed by atoms with Gasteiger partial charge in [0.05, 0.1) is 28.1 Å². The topological polar surface area (TPSA) is 50.7 Å². The Balaban J connectivity index is 1.71. The van der Waals surface area contributed by atoms with Crippen LogP contribution in [-0.2, 0) is 0 Å². The predicted molar refractivity (Wildman–Crippen MR) is 115 cm³/mol. The number of fused-ring (bicyclic) bond motifs is 2. The Labute approximate surface area is 171 Å². The summed E-state index contributed by atoms with van der Waals surface area (Å²) in [5.74, 6) is -0.376. The van der Waals surface area contributed by atoms with Crippen molar-refractivity contribution in [3.63, 3.8) is 0 Å². The first-order valence-corrected chi connectivity index (χ1v) is 9.39. The standard InChI is InChI=1S/C23H14ClFN4/c24-14-7-8-17(25)16(12-14)22-13-21(15-4-1-2-5-18(15)28-22)29-20-9-11-26-19-6-3-10-27-23(19)20/h1-13H,(H,26,28,29). The van der Waals surface area contributed by atoms with Crippen LogP contribution < -0.4 is 5.32 Å². The van der Waals surface area contributed by atoms with Crippen LogP contribution >= 0.6 is 11.6 Å². The minimum Gasteiger partial charge on any atom is -0.353 e. The molecule has 5 aromatic rings. The number of rotatable bonds is 3. The number of halogens is 2. The van der Waals surface area contributed by atoms with Crippen molar-refractivity contribution in [2.24, 2.45) is 0 Å². The Hall–Kier alpha value is -3.57. The van der Waals surface area contributed by atoms with Crippen LogP contribution in [0.2, 0.25) is 5.02 Å². The molecule has 0 atom stereocenters. The summed E-state index contributed by atoms with van der Waals surface area (Å²) in [5, 5.41) is 4.81. The van der Waals surface area contributed by atoms with Gasteiger partial charge in [0.2, 0.25) is 0 Å². The highest BCUT2D eigenvalue weighted by Gasteiger charge is 2.13. The number of nitrogens with one attached hydrogen (secondary N) is 1. The molecule has 0 saturated heterocycles. The first-order chi connectivity index (χ1) is 14.2. The molecule has 0 bridgehead atoms. The minimum absolute atomic E-state index is 0.351. The number of nitrogens with zero attached hydrogens (tertiary/aromatic N) is 3. The number of para-hydroxylation sites is 1. The highest BCUT2D eigenvalue weighted by atomic mass is 35.5. The highest BCUT2D eigenvalue weighted by Crippen LogP contribution is 2.33. The minimum atomic E-state index is -0.376. The monoisotopic (exact) mass is 400 g/mol. The summed E-state index contributed by atoms with van der Waals surface area (Å²) in [6.45, 7) is 0. The molecule has 2 aromatic carbocycles. The fraction of sp³-hybridized carbons (Fsp3) is 0. The van der Waals surface area contributed by atoms with Gasteiger partial charge in [0.25, 0.3) is 0 Å². The van der Waals surface area contributed by atoms with E-state index in [9.17, 15) is 4.39 Å². The lowest BCUT2D eigenvalue weighted by atomic mass is 10.1. The van der Waals surface area contributed by atoms with Crippen molar-refractivity contribution in [2.75, 3.05) is 5.32 Å². The van der Waals surface area contributed by atoms with Gasteiger partial charge in [0.15, 0.2) is 0 Å². The molecule has 140 valence electrons. The zero-order valence-electron chi connectivity index (χ0n) is 15.1. The van der Waals surface area contributed by atoms with Gasteiger partial charge in [-0.05, 0) is 48.5 Å². The molecule has 0 saturated carbocycles. The second-order valence-electron chi connectivity index (χ2n) is 6.55. The van der Waals surface area contributed by atoms with Crippen molar-refractivity contribution in [2.45, 2.75) is 0 Å². The van der Waals surface area contributed by atoms with Crippen molar-refractivity contribution in [3.05, 3.63) is 90.0 Å². The SMILES string of the molecule is Fc1ccc(Cl)cc1-c1cc(Nc2ccnc3cccnc23)c2ccccc2n1. The third-order valence-electron chi connectivity index (χ3n) is 4.69. The molecule has 0 fully saturated rings. The third kappa shape index (κ3) is 3.26. The number of pyridine rings is 3. The summed E-state index contributed by atoms with van der Waals surface area (Å²) in [6, 6.07) is 19.6. The van der Waals surface area contributed by atoms with E-state index in [1.807, 2.05) is 48.5 Å². The van der Waals surface area contributed by atoms with E-state index >= 15 is 0 Å². The summed E-state index contributed by atoms with van der Waals surface area (Å²) in [4.78, 5) is 13.4. The molecule has 0 aliphatic heterocycles. The molecule has 3 aromatic heterocycles. The second kappa shape index (κ2) is 7.11. The van der Waals surface area contributed by atoms with Gasteiger partial charge in [-0.25, -0.2) is 9.37 Å². The molecule has 0 unspecified atom stereocenters. The van der Waals surface area contributed by atoms with Crippen molar-refractivity contribution in [1.82, 2.24) is 15.0 Å². The maximum Gasteiger partial charge on any atom is 0.132 e. The molecule has 5 rings (SSSR count). The Bertz CT molecular complexity index is 1360. The first kappa shape index (κ1) is 17.5. The van der Waals surface area contributed by atoms with Gasteiger partial charge < -0.3 is 5.32 Å². The van der Waals surface area contributed by atoms with E-state index in [-0.39, 0.29) is 5.82 Å². The maximum absolute atomic E-state index is 14.5. The van der Waals surface area contributed by atoms with E-state index in [4.69, 9.17) is 11.6 Å². The van der Waals surface area contributed by atoms with E-state index in [2.05, 4.69) is 20.3 Å². The van der Waals surface area contributed by atoms with Crippen molar-refractivity contribution in [3.8, 4) is 11.3 Å². The fourth-order valence-electron chi connectivity index (χ4n) is 3.34. The van der Waals surface area contributed by atoms with Crippen LogP contribution in [0.15, 0.2) is 79.1 Å².